The van der Waals surface area contributed by atoms with Gasteiger partial charge in [-0.15, -0.1) is 0 Å². The van der Waals surface area contributed by atoms with Gasteiger partial charge in [0.25, 0.3) is 0 Å². The van der Waals surface area contributed by atoms with Gasteiger partial charge in [-0.1, -0.05) is 0 Å². The molecule has 0 radical (unpaired) electrons. The lowest BCUT2D eigenvalue weighted by molar-refractivity contribution is -0.125. The summed E-state index contributed by atoms with van der Waals surface area (Å²) >= 11 is 0. The molecule has 0 aromatic carbocycles. The van der Waals surface area contributed by atoms with Gasteiger partial charge >= 0.3 is 0 Å². The van der Waals surface area contributed by atoms with Crippen LogP contribution in [0.5, 0.6) is 0 Å². The third-order valence-electron chi connectivity index (χ3n) is 2.82. The summed E-state index contributed by atoms with van der Waals surface area (Å²) < 4.78 is 5.38. The van der Waals surface area contributed by atoms with E-state index in [0.29, 0.717) is 12.2 Å². The second kappa shape index (κ2) is 2.69. The third kappa shape index (κ3) is 1.10. The SMILES string of the molecule is CC(=O)C1=C(C)OC2C(=O)CCC12. The number of fused-ring (bicyclic) bond motifs is 1. The highest BCUT2D eigenvalue weighted by molar-refractivity contribution is 5.98. The van der Waals surface area contributed by atoms with Crippen molar-refractivity contribution < 1.29 is 14.3 Å². The van der Waals surface area contributed by atoms with Crippen molar-refractivity contribution in [2.45, 2.75) is 32.8 Å². The number of carbonyl (C=O) groups excluding carboxylic acids is 2. The van der Waals surface area contributed by atoms with Crippen molar-refractivity contribution in [3.63, 3.8) is 0 Å². The van der Waals surface area contributed by atoms with Crippen molar-refractivity contribution in [1.82, 2.24) is 0 Å². The summed E-state index contributed by atoms with van der Waals surface area (Å²) in [5.74, 6) is 0.876. The van der Waals surface area contributed by atoms with E-state index < -0.39 is 0 Å². The van der Waals surface area contributed by atoms with Gasteiger partial charge < -0.3 is 4.74 Å². The molecule has 1 aliphatic carbocycles. The van der Waals surface area contributed by atoms with E-state index in [1.807, 2.05) is 0 Å². The zero-order chi connectivity index (χ0) is 9.59. The fraction of sp³-hybridized carbons (Fsp3) is 0.600. The molecule has 13 heavy (non-hydrogen) atoms. The van der Waals surface area contributed by atoms with Gasteiger partial charge in [-0.2, -0.15) is 0 Å². The summed E-state index contributed by atoms with van der Waals surface area (Å²) in [6.07, 6.45) is 0.980. The highest BCUT2D eigenvalue weighted by atomic mass is 16.5. The molecule has 0 bridgehead atoms. The van der Waals surface area contributed by atoms with Crippen LogP contribution in [0.3, 0.4) is 0 Å². The van der Waals surface area contributed by atoms with Gasteiger partial charge in [-0.05, 0) is 20.3 Å². The van der Waals surface area contributed by atoms with Gasteiger partial charge in [0.15, 0.2) is 17.7 Å². The maximum absolute atomic E-state index is 11.3. The zero-order valence-electron chi connectivity index (χ0n) is 7.79. The van der Waals surface area contributed by atoms with Crippen molar-refractivity contribution in [1.29, 1.82) is 0 Å². The van der Waals surface area contributed by atoms with E-state index in [-0.39, 0.29) is 23.6 Å². The van der Waals surface area contributed by atoms with E-state index in [9.17, 15) is 9.59 Å². The molecule has 2 aliphatic rings. The van der Waals surface area contributed by atoms with E-state index in [4.69, 9.17) is 4.74 Å². The Morgan fingerprint density at radius 2 is 2.23 bits per heavy atom. The number of ketones is 2. The van der Waals surface area contributed by atoms with Crippen LogP contribution < -0.4 is 0 Å². The Bertz CT molecular complexity index is 314. The summed E-state index contributed by atoms with van der Waals surface area (Å²) in [5, 5.41) is 0. The molecular weight excluding hydrogens is 168 g/mol. The van der Waals surface area contributed by atoms with Gasteiger partial charge in [0.05, 0.1) is 0 Å². The number of ether oxygens (including phenoxy) is 1. The smallest absolute Gasteiger partial charge is 0.173 e. The van der Waals surface area contributed by atoms with Crippen LogP contribution in [0.2, 0.25) is 0 Å². The molecule has 1 aliphatic heterocycles. The highest BCUT2D eigenvalue weighted by Gasteiger charge is 2.45. The van der Waals surface area contributed by atoms with Crippen LogP contribution in [0.25, 0.3) is 0 Å². The first-order chi connectivity index (χ1) is 6.11. The molecule has 3 nitrogen and oxygen atoms in total. The first kappa shape index (κ1) is 8.48. The Morgan fingerprint density at radius 3 is 2.85 bits per heavy atom. The topological polar surface area (TPSA) is 43.4 Å². The monoisotopic (exact) mass is 180 g/mol. The molecule has 3 heteroatoms. The molecule has 2 atom stereocenters. The van der Waals surface area contributed by atoms with Crippen molar-refractivity contribution in [3.8, 4) is 0 Å². The Kier molecular flexibility index (Phi) is 1.75. The van der Waals surface area contributed by atoms with Crippen molar-refractivity contribution in [3.05, 3.63) is 11.3 Å². The molecule has 2 rings (SSSR count). The first-order valence-electron chi connectivity index (χ1n) is 4.52. The minimum absolute atomic E-state index is 0.0414. The van der Waals surface area contributed by atoms with Gasteiger partial charge in [-0.3, -0.25) is 9.59 Å². The summed E-state index contributed by atoms with van der Waals surface area (Å²) in [5.41, 5.74) is 0.732. The van der Waals surface area contributed by atoms with Gasteiger partial charge in [-0.25, -0.2) is 0 Å². The average Bonchev–Trinajstić information content (AvgIpc) is 2.51. The number of hydrogen-bond donors (Lipinski definition) is 0. The predicted octanol–water partition coefficient (Wildman–Crippen LogP) is 1.23. The highest BCUT2D eigenvalue weighted by Crippen LogP contribution is 2.40. The molecule has 70 valence electrons. The maximum atomic E-state index is 11.3. The molecule has 0 spiro atoms. The molecular formula is C10H12O3. The summed E-state index contributed by atoms with van der Waals surface area (Å²) in [4.78, 5) is 22.6. The molecule has 2 unspecified atom stereocenters. The third-order valence-corrected chi connectivity index (χ3v) is 2.82. The summed E-state index contributed by atoms with van der Waals surface area (Å²) in [6, 6.07) is 0. The molecule has 0 aromatic heterocycles. The fourth-order valence-electron chi connectivity index (χ4n) is 2.28. The Labute approximate surface area is 76.8 Å². The molecule has 0 saturated heterocycles. The minimum atomic E-state index is -0.348. The fourth-order valence-corrected chi connectivity index (χ4v) is 2.28. The first-order valence-corrected chi connectivity index (χ1v) is 4.52. The van der Waals surface area contributed by atoms with Crippen LogP contribution in [0.4, 0.5) is 0 Å². The average molecular weight is 180 g/mol. The molecule has 0 N–H and O–H groups in total. The zero-order valence-corrected chi connectivity index (χ0v) is 7.79. The van der Waals surface area contributed by atoms with Gasteiger partial charge in [0, 0.05) is 17.9 Å². The largest absolute Gasteiger partial charge is 0.486 e. The van der Waals surface area contributed by atoms with Crippen LogP contribution in [0.15, 0.2) is 11.3 Å². The summed E-state index contributed by atoms with van der Waals surface area (Å²) in [7, 11) is 0. The van der Waals surface area contributed by atoms with Gasteiger partial charge in [0.2, 0.25) is 0 Å². The number of rotatable bonds is 1. The molecule has 0 aromatic rings. The molecule has 1 saturated carbocycles. The lowest BCUT2D eigenvalue weighted by Crippen LogP contribution is -2.20. The van der Waals surface area contributed by atoms with Crippen LogP contribution >= 0.6 is 0 Å². The number of carbonyl (C=O) groups is 2. The van der Waals surface area contributed by atoms with Crippen molar-refractivity contribution >= 4 is 11.6 Å². The normalized spacial score (nSPS) is 32.0. The number of allylic oxidation sites excluding steroid dienone is 1. The lowest BCUT2D eigenvalue weighted by atomic mass is 9.94. The van der Waals surface area contributed by atoms with E-state index >= 15 is 0 Å². The Balaban J connectivity index is 2.33. The van der Waals surface area contributed by atoms with Gasteiger partial charge in [0.1, 0.15) is 5.76 Å². The van der Waals surface area contributed by atoms with E-state index in [2.05, 4.69) is 0 Å². The van der Waals surface area contributed by atoms with Crippen LogP contribution in [0, 0.1) is 5.92 Å². The standard InChI is InChI=1S/C10H12O3/c1-5(11)9-6(2)13-10-7(9)3-4-8(10)12/h7,10H,3-4H2,1-2H3. The van der Waals surface area contributed by atoms with Crippen molar-refractivity contribution in [2.24, 2.45) is 5.92 Å². The molecule has 1 heterocycles. The van der Waals surface area contributed by atoms with Crippen LogP contribution in [-0.2, 0) is 14.3 Å². The van der Waals surface area contributed by atoms with Crippen LogP contribution in [0.1, 0.15) is 26.7 Å². The molecule has 0 amide bonds. The van der Waals surface area contributed by atoms with E-state index in [0.717, 1.165) is 12.0 Å². The quantitative estimate of drug-likeness (QED) is 0.609. The minimum Gasteiger partial charge on any atom is -0.486 e. The van der Waals surface area contributed by atoms with E-state index in [1.54, 1.807) is 6.92 Å². The lowest BCUT2D eigenvalue weighted by Gasteiger charge is -2.08. The number of hydrogen-bond acceptors (Lipinski definition) is 3. The maximum Gasteiger partial charge on any atom is 0.173 e. The number of Topliss-reactive ketones (excluding diaryl/α,β-unsaturated/α-hetero) is 2. The predicted molar refractivity (Wildman–Crippen MR) is 46.0 cm³/mol. The summed E-state index contributed by atoms with van der Waals surface area (Å²) in [6.45, 7) is 3.30. The van der Waals surface area contributed by atoms with Crippen molar-refractivity contribution in [2.75, 3.05) is 0 Å². The second-order valence-corrected chi connectivity index (χ2v) is 3.68. The Hall–Kier alpha value is -1.12. The van der Waals surface area contributed by atoms with Crippen LogP contribution in [-0.4, -0.2) is 17.7 Å². The second-order valence-electron chi connectivity index (χ2n) is 3.68. The Morgan fingerprint density at radius 1 is 1.54 bits per heavy atom. The van der Waals surface area contributed by atoms with E-state index in [1.165, 1.54) is 6.92 Å². The molecule has 1 fully saturated rings.